The summed E-state index contributed by atoms with van der Waals surface area (Å²) in [5.74, 6) is 0. The molecule has 0 saturated carbocycles. The third-order valence-electron chi connectivity index (χ3n) is 3.30. The van der Waals surface area contributed by atoms with Crippen LogP contribution in [0.15, 0.2) is 24.3 Å². The molecule has 94 valence electrons. The van der Waals surface area contributed by atoms with Gasteiger partial charge >= 0.3 is 0 Å². The Morgan fingerprint density at radius 3 is 2.59 bits per heavy atom. The fourth-order valence-corrected chi connectivity index (χ4v) is 2.08. The second kappa shape index (κ2) is 5.89. The summed E-state index contributed by atoms with van der Waals surface area (Å²) >= 11 is 0. The van der Waals surface area contributed by atoms with E-state index < -0.39 is 0 Å². The lowest BCUT2D eigenvalue weighted by Crippen LogP contribution is -2.45. The third-order valence-corrected chi connectivity index (χ3v) is 3.30. The van der Waals surface area contributed by atoms with Crippen LogP contribution in [0, 0.1) is 0 Å². The van der Waals surface area contributed by atoms with Gasteiger partial charge in [-0.3, -0.25) is 4.90 Å². The number of benzene rings is 1. The summed E-state index contributed by atoms with van der Waals surface area (Å²) in [5, 5.41) is 3.39. The molecule has 0 spiro atoms. The molecule has 1 aromatic rings. The van der Waals surface area contributed by atoms with Gasteiger partial charge in [-0.05, 0) is 19.2 Å². The number of rotatable bonds is 4. The number of nitrogen functional groups attached to an aromatic ring is 1. The minimum absolute atomic E-state index is 0.825. The van der Waals surface area contributed by atoms with Crippen LogP contribution in [-0.2, 0) is 0 Å². The number of nitrogens with zero attached hydrogens (tertiary/aromatic N) is 2. The molecule has 1 fully saturated rings. The van der Waals surface area contributed by atoms with Gasteiger partial charge in [0.25, 0.3) is 0 Å². The van der Waals surface area contributed by atoms with Gasteiger partial charge in [0.1, 0.15) is 0 Å². The van der Waals surface area contributed by atoms with Crippen molar-refractivity contribution in [3.05, 3.63) is 24.3 Å². The summed E-state index contributed by atoms with van der Waals surface area (Å²) in [6.45, 7) is 6.73. The van der Waals surface area contributed by atoms with Crippen molar-refractivity contribution >= 4 is 11.4 Å². The molecule has 1 heterocycles. The van der Waals surface area contributed by atoms with E-state index in [4.69, 9.17) is 5.73 Å². The lowest BCUT2D eigenvalue weighted by molar-refractivity contribution is 0.158. The van der Waals surface area contributed by atoms with Crippen molar-refractivity contribution in [3.63, 3.8) is 0 Å². The summed E-state index contributed by atoms with van der Waals surface area (Å²) in [5.41, 5.74) is 7.74. The van der Waals surface area contributed by atoms with Gasteiger partial charge in [0.05, 0.1) is 11.4 Å². The standard InChI is InChI=1S/C13H22N4/c1-16-8-10-17(11-9-16)7-6-15-13-5-3-2-4-12(13)14/h2-5,15H,6-11,14H2,1H3. The fraction of sp³-hybridized carbons (Fsp3) is 0.538. The van der Waals surface area contributed by atoms with Gasteiger partial charge in [0.2, 0.25) is 0 Å². The van der Waals surface area contributed by atoms with Gasteiger partial charge in [-0.25, -0.2) is 0 Å². The highest BCUT2D eigenvalue weighted by atomic mass is 15.2. The molecule has 17 heavy (non-hydrogen) atoms. The number of para-hydroxylation sites is 2. The van der Waals surface area contributed by atoms with Crippen LogP contribution in [0.25, 0.3) is 0 Å². The molecule has 0 unspecified atom stereocenters. The van der Waals surface area contributed by atoms with Crippen molar-refractivity contribution in [1.82, 2.24) is 9.80 Å². The molecule has 0 bridgehead atoms. The molecule has 0 aromatic heterocycles. The van der Waals surface area contributed by atoms with E-state index in [2.05, 4.69) is 22.2 Å². The van der Waals surface area contributed by atoms with Gasteiger partial charge in [0, 0.05) is 39.3 Å². The highest BCUT2D eigenvalue weighted by Gasteiger charge is 2.12. The van der Waals surface area contributed by atoms with E-state index in [1.807, 2.05) is 24.3 Å². The highest BCUT2D eigenvalue weighted by molar-refractivity contribution is 5.65. The second-order valence-corrected chi connectivity index (χ2v) is 4.66. The Balaban J connectivity index is 1.71. The van der Waals surface area contributed by atoms with Gasteiger partial charge in [-0.2, -0.15) is 0 Å². The molecule has 0 radical (unpaired) electrons. The monoisotopic (exact) mass is 234 g/mol. The van der Waals surface area contributed by atoms with E-state index >= 15 is 0 Å². The summed E-state index contributed by atoms with van der Waals surface area (Å²) in [7, 11) is 2.18. The number of nitrogens with one attached hydrogen (secondary N) is 1. The van der Waals surface area contributed by atoms with Crippen LogP contribution in [0.2, 0.25) is 0 Å². The first kappa shape index (κ1) is 12.2. The van der Waals surface area contributed by atoms with Gasteiger partial charge in [-0.1, -0.05) is 12.1 Å². The Kier molecular flexibility index (Phi) is 4.23. The number of anilines is 2. The van der Waals surface area contributed by atoms with Gasteiger partial charge in [-0.15, -0.1) is 0 Å². The second-order valence-electron chi connectivity index (χ2n) is 4.66. The summed E-state index contributed by atoms with van der Waals surface area (Å²) in [6.07, 6.45) is 0. The molecule has 3 N–H and O–H groups in total. The average Bonchev–Trinajstić information content (AvgIpc) is 2.34. The number of piperazine rings is 1. The maximum absolute atomic E-state index is 5.88. The van der Waals surface area contributed by atoms with Crippen LogP contribution in [0.1, 0.15) is 0 Å². The van der Waals surface area contributed by atoms with E-state index in [9.17, 15) is 0 Å². The third kappa shape index (κ3) is 3.61. The molecule has 4 nitrogen and oxygen atoms in total. The Morgan fingerprint density at radius 2 is 1.88 bits per heavy atom. The van der Waals surface area contributed by atoms with Crippen molar-refractivity contribution in [2.45, 2.75) is 0 Å². The number of nitrogens with two attached hydrogens (primary N) is 1. The van der Waals surface area contributed by atoms with E-state index in [-0.39, 0.29) is 0 Å². The zero-order valence-corrected chi connectivity index (χ0v) is 10.5. The lowest BCUT2D eigenvalue weighted by Gasteiger charge is -2.32. The molecule has 4 heteroatoms. The van der Waals surface area contributed by atoms with E-state index in [1.54, 1.807) is 0 Å². The highest BCUT2D eigenvalue weighted by Crippen LogP contribution is 2.16. The molecular formula is C13H22N4. The zero-order valence-electron chi connectivity index (χ0n) is 10.5. The first-order chi connectivity index (χ1) is 8.25. The molecular weight excluding hydrogens is 212 g/mol. The van der Waals surface area contributed by atoms with E-state index in [0.29, 0.717) is 0 Å². The van der Waals surface area contributed by atoms with Crippen molar-refractivity contribution in [2.75, 3.05) is 57.4 Å². The lowest BCUT2D eigenvalue weighted by atomic mass is 10.2. The Morgan fingerprint density at radius 1 is 1.18 bits per heavy atom. The SMILES string of the molecule is CN1CCN(CCNc2ccccc2N)CC1. The minimum atomic E-state index is 0.825. The van der Waals surface area contributed by atoms with Crippen LogP contribution in [-0.4, -0.2) is 56.1 Å². The zero-order chi connectivity index (χ0) is 12.1. The molecule has 0 atom stereocenters. The Hall–Kier alpha value is -1.26. The molecule has 0 aliphatic carbocycles. The minimum Gasteiger partial charge on any atom is -0.397 e. The Labute approximate surface area is 103 Å². The van der Waals surface area contributed by atoms with Crippen LogP contribution in [0.5, 0.6) is 0 Å². The predicted octanol–water partition coefficient (Wildman–Crippen LogP) is 0.928. The first-order valence-electron chi connectivity index (χ1n) is 6.25. The first-order valence-corrected chi connectivity index (χ1v) is 6.25. The molecule has 2 rings (SSSR count). The van der Waals surface area contributed by atoms with Crippen LogP contribution in [0.3, 0.4) is 0 Å². The molecule has 1 saturated heterocycles. The average molecular weight is 234 g/mol. The maximum atomic E-state index is 5.88. The predicted molar refractivity (Wildman–Crippen MR) is 73.3 cm³/mol. The summed E-state index contributed by atoms with van der Waals surface area (Å²) in [4.78, 5) is 4.87. The van der Waals surface area contributed by atoms with E-state index in [1.165, 1.54) is 26.2 Å². The quantitative estimate of drug-likeness (QED) is 0.761. The summed E-state index contributed by atoms with van der Waals surface area (Å²) in [6, 6.07) is 7.92. The normalized spacial score (nSPS) is 18.2. The fourth-order valence-electron chi connectivity index (χ4n) is 2.08. The van der Waals surface area contributed by atoms with E-state index in [0.717, 1.165) is 24.5 Å². The smallest absolute Gasteiger partial charge is 0.0574 e. The summed E-state index contributed by atoms with van der Waals surface area (Å²) < 4.78 is 0. The van der Waals surface area contributed by atoms with Gasteiger partial charge < -0.3 is 16.0 Å². The number of hydrogen-bond acceptors (Lipinski definition) is 4. The van der Waals surface area contributed by atoms with Crippen molar-refractivity contribution < 1.29 is 0 Å². The maximum Gasteiger partial charge on any atom is 0.0574 e. The molecule has 0 amide bonds. The largest absolute Gasteiger partial charge is 0.397 e. The van der Waals surface area contributed by atoms with Crippen molar-refractivity contribution in [3.8, 4) is 0 Å². The number of likely N-dealkylation sites (N-methyl/N-ethyl adjacent to an activating group) is 1. The molecule has 1 aliphatic rings. The van der Waals surface area contributed by atoms with Crippen LogP contribution in [0.4, 0.5) is 11.4 Å². The van der Waals surface area contributed by atoms with Crippen LogP contribution < -0.4 is 11.1 Å². The molecule has 1 aromatic carbocycles. The molecule has 1 aliphatic heterocycles. The Bertz CT molecular complexity index is 345. The van der Waals surface area contributed by atoms with Crippen molar-refractivity contribution in [1.29, 1.82) is 0 Å². The number of hydrogen-bond donors (Lipinski definition) is 2. The van der Waals surface area contributed by atoms with Gasteiger partial charge in [0.15, 0.2) is 0 Å². The topological polar surface area (TPSA) is 44.5 Å². The van der Waals surface area contributed by atoms with Crippen molar-refractivity contribution in [2.24, 2.45) is 0 Å². The van der Waals surface area contributed by atoms with Crippen LogP contribution >= 0.6 is 0 Å².